The molecule has 0 bridgehead atoms. The Labute approximate surface area is 270 Å². The maximum atomic E-state index is 10.7. The van der Waals surface area contributed by atoms with Crippen LogP contribution in [0.5, 0.6) is 0 Å². The van der Waals surface area contributed by atoms with Gasteiger partial charge in [-0.2, -0.15) is 0 Å². The molecule has 0 fully saturated rings. The SMILES string of the molecule is CC(C)(O)C(C)(C)O[B]c1ccc2c(c1)-c1ccccc1C21c2ccccc2-c2cc3c4ccccc4c4ccccc4c3cc21. The highest BCUT2D eigenvalue weighted by atomic mass is 16.5. The number of rotatable bonds is 4. The van der Waals surface area contributed by atoms with Gasteiger partial charge in [0.15, 0.2) is 0 Å². The van der Waals surface area contributed by atoms with Crippen molar-refractivity contribution in [2.75, 3.05) is 0 Å². The van der Waals surface area contributed by atoms with E-state index in [4.69, 9.17) is 4.65 Å². The Kier molecular flexibility index (Phi) is 5.65. The van der Waals surface area contributed by atoms with Crippen LogP contribution in [0.25, 0.3) is 54.6 Å². The molecule has 7 aromatic carbocycles. The molecule has 0 aliphatic heterocycles. The fourth-order valence-corrected chi connectivity index (χ4v) is 7.99. The van der Waals surface area contributed by atoms with Crippen molar-refractivity contribution >= 4 is 45.3 Å². The summed E-state index contributed by atoms with van der Waals surface area (Å²) >= 11 is 0. The average Bonchev–Trinajstić information content (AvgIpc) is 3.53. The van der Waals surface area contributed by atoms with Crippen molar-refractivity contribution in [3.8, 4) is 22.3 Å². The second-order valence-corrected chi connectivity index (χ2v) is 14.0. The average molecular weight is 594 g/mol. The lowest BCUT2D eigenvalue weighted by molar-refractivity contribution is -0.0893. The van der Waals surface area contributed by atoms with Crippen LogP contribution in [0.15, 0.2) is 127 Å². The van der Waals surface area contributed by atoms with Gasteiger partial charge in [0, 0.05) is 0 Å². The fourth-order valence-electron chi connectivity index (χ4n) is 7.99. The zero-order valence-electron chi connectivity index (χ0n) is 26.6. The molecule has 1 radical (unpaired) electrons. The van der Waals surface area contributed by atoms with Gasteiger partial charge in [0.1, 0.15) is 0 Å². The van der Waals surface area contributed by atoms with Crippen molar-refractivity contribution in [2.45, 2.75) is 44.3 Å². The quantitative estimate of drug-likeness (QED) is 0.163. The third-order valence-corrected chi connectivity index (χ3v) is 10.9. The molecule has 0 heterocycles. The minimum Gasteiger partial charge on any atom is -0.427 e. The van der Waals surface area contributed by atoms with E-state index in [1.165, 1.54) is 76.8 Å². The molecule has 1 spiro atoms. The first kappa shape index (κ1) is 27.6. The third kappa shape index (κ3) is 3.56. The largest absolute Gasteiger partial charge is 0.427 e. The van der Waals surface area contributed by atoms with Crippen LogP contribution in [-0.4, -0.2) is 23.8 Å². The summed E-state index contributed by atoms with van der Waals surface area (Å²) in [6.07, 6.45) is 0. The Bertz CT molecular complexity index is 2400. The molecule has 9 rings (SSSR count). The van der Waals surface area contributed by atoms with Crippen LogP contribution in [0.2, 0.25) is 0 Å². The van der Waals surface area contributed by atoms with E-state index in [1.807, 2.05) is 13.8 Å². The lowest BCUT2D eigenvalue weighted by atomic mass is 9.69. The van der Waals surface area contributed by atoms with Gasteiger partial charge in [-0.25, -0.2) is 0 Å². The van der Waals surface area contributed by atoms with Crippen molar-refractivity contribution in [2.24, 2.45) is 0 Å². The highest BCUT2D eigenvalue weighted by molar-refractivity contribution is 6.47. The van der Waals surface area contributed by atoms with Gasteiger partial charge >= 0.3 is 7.48 Å². The van der Waals surface area contributed by atoms with E-state index < -0.39 is 16.6 Å². The molecule has 0 saturated carbocycles. The van der Waals surface area contributed by atoms with Gasteiger partial charge < -0.3 is 9.76 Å². The van der Waals surface area contributed by atoms with E-state index in [1.54, 1.807) is 21.3 Å². The summed E-state index contributed by atoms with van der Waals surface area (Å²) in [7, 11) is 1.80. The van der Waals surface area contributed by atoms with Gasteiger partial charge in [-0.15, -0.1) is 0 Å². The second-order valence-electron chi connectivity index (χ2n) is 14.0. The minimum absolute atomic E-state index is 0.440. The fraction of sp³-hybridized carbons (Fsp3) is 0.163. The predicted molar refractivity (Wildman–Crippen MR) is 192 cm³/mol. The molecule has 0 aromatic heterocycles. The van der Waals surface area contributed by atoms with Gasteiger partial charge in [-0.1, -0.05) is 121 Å². The number of aliphatic hydroxyl groups is 1. The molecular formula is C43H34BO2. The first-order valence-corrected chi connectivity index (χ1v) is 16.2. The van der Waals surface area contributed by atoms with Gasteiger partial charge in [-0.05, 0) is 117 Å². The normalized spacial score (nSPS) is 16.5. The zero-order valence-corrected chi connectivity index (χ0v) is 26.6. The van der Waals surface area contributed by atoms with Crippen LogP contribution in [0.1, 0.15) is 49.9 Å². The molecule has 3 heteroatoms. The number of benzene rings is 7. The third-order valence-electron chi connectivity index (χ3n) is 10.9. The summed E-state index contributed by atoms with van der Waals surface area (Å²) in [6.45, 7) is 7.41. The van der Waals surface area contributed by atoms with Crippen molar-refractivity contribution in [1.29, 1.82) is 0 Å². The summed E-state index contributed by atoms with van der Waals surface area (Å²) < 4.78 is 6.21. The minimum atomic E-state index is -0.994. The lowest BCUT2D eigenvalue weighted by Gasteiger charge is -2.37. The Balaban J connectivity index is 1.34. The van der Waals surface area contributed by atoms with E-state index >= 15 is 0 Å². The topological polar surface area (TPSA) is 29.5 Å². The predicted octanol–water partition coefficient (Wildman–Crippen LogP) is 9.30. The van der Waals surface area contributed by atoms with Crippen molar-refractivity contribution in [3.63, 3.8) is 0 Å². The van der Waals surface area contributed by atoms with Crippen LogP contribution in [0.3, 0.4) is 0 Å². The maximum Gasteiger partial charge on any atom is 0.330 e. The smallest absolute Gasteiger partial charge is 0.330 e. The molecule has 2 nitrogen and oxygen atoms in total. The number of fused-ring (bicyclic) bond motifs is 16. The Morgan fingerprint density at radius 1 is 0.478 bits per heavy atom. The molecule has 2 aliphatic rings. The molecule has 0 saturated heterocycles. The molecule has 7 aromatic rings. The van der Waals surface area contributed by atoms with Gasteiger partial charge in [0.05, 0.1) is 16.6 Å². The number of hydrogen-bond donors (Lipinski definition) is 1. The van der Waals surface area contributed by atoms with Gasteiger partial charge in [0.2, 0.25) is 0 Å². The van der Waals surface area contributed by atoms with Crippen LogP contribution in [-0.2, 0) is 10.1 Å². The van der Waals surface area contributed by atoms with Crippen LogP contribution in [0, 0.1) is 0 Å². The molecule has 46 heavy (non-hydrogen) atoms. The van der Waals surface area contributed by atoms with Crippen molar-refractivity contribution in [1.82, 2.24) is 0 Å². The molecule has 1 unspecified atom stereocenters. The van der Waals surface area contributed by atoms with Crippen LogP contribution in [0.4, 0.5) is 0 Å². The molecule has 221 valence electrons. The first-order valence-electron chi connectivity index (χ1n) is 16.2. The highest BCUT2D eigenvalue weighted by Gasteiger charge is 2.51. The summed E-state index contributed by atoms with van der Waals surface area (Å²) in [4.78, 5) is 0. The highest BCUT2D eigenvalue weighted by Crippen LogP contribution is 2.63. The van der Waals surface area contributed by atoms with Gasteiger partial charge in [-0.3, -0.25) is 0 Å². The zero-order chi connectivity index (χ0) is 31.4. The van der Waals surface area contributed by atoms with E-state index in [2.05, 4.69) is 127 Å². The molecule has 2 aliphatic carbocycles. The lowest BCUT2D eigenvalue weighted by Crippen LogP contribution is -2.49. The Morgan fingerprint density at radius 2 is 0.935 bits per heavy atom. The van der Waals surface area contributed by atoms with Crippen molar-refractivity contribution in [3.05, 3.63) is 150 Å². The molecular weight excluding hydrogens is 559 g/mol. The van der Waals surface area contributed by atoms with Gasteiger partial charge in [0.25, 0.3) is 0 Å². The van der Waals surface area contributed by atoms with Crippen molar-refractivity contribution < 1.29 is 9.76 Å². The standard InChI is InChI=1S/C43H34BO2/c1-41(2,45)42(3,4)46-44-26-21-22-39-35(23-26)31-17-9-11-19-37(31)43(39)38-20-12-10-18-32(38)36-24-33-29-15-7-5-13-27(29)28-14-6-8-16-30(28)34(33)25-40(36)43/h5-25,45H,1-4H3. The molecule has 1 N–H and O–H groups in total. The summed E-state index contributed by atoms with van der Waals surface area (Å²) in [6, 6.07) is 47.3. The van der Waals surface area contributed by atoms with E-state index in [9.17, 15) is 5.11 Å². The monoisotopic (exact) mass is 593 g/mol. The van der Waals surface area contributed by atoms with E-state index in [0.717, 1.165) is 5.46 Å². The first-order chi connectivity index (χ1) is 22.2. The van der Waals surface area contributed by atoms with Crippen LogP contribution >= 0.6 is 0 Å². The molecule has 1 atom stereocenters. The van der Waals surface area contributed by atoms with E-state index in [-0.39, 0.29) is 0 Å². The Morgan fingerprint density at radius 3 is 1.50 bits per heavy atom. The Hall–Kier alpha value is -4.70. The number of hydrogen-bond acceptors (Lipinski definition) is 2. The summed E-state index contributed by atoms with van der Waals surface area (Å²) in [5, 5.41) is 18.4. The summed E-state index contributed by atoms with van der Waals surface area (Å²) in [5.41, 5.74) is 9.15. The van der Waals surface area contributed by atoms with E-state index in [0.29, 0.717) is 0 Å². The summed E-state index contributed by atoms with van der Waals surface area (Å²) in [5.74, 6) is 0. The molecule has 0 amide bonds. The van der Waals surface area contributed by atoms with Crippen LogP contribution < -0.4 is 5.46 Å². The maximum absolute atomic E-state index is 10.7. The second kappa shape index (κ2) is 9.42.